The van der Waals surface area contributed by atoms with Crippen LogP contribution in [-0.2, 0) is 4.52 Å². The molecule has 0 radical (unpaired) electrons. The van der Waals surface area contributed by atoms with E-state index in [0.29, 0.717) is 15.9 Å². The van der Waals surface area contributed by atoms with Gasteiger partial charge in [0.15, 0.2) is 0 Å². The Morgan fingerprint density at radius 2 is 1.00 bits per heavy atom. The summed E-state index contributed by atoms with van der Waals surface area (Å²) in [4.78, 5) is 26.4. The molecule has 0 unspecified atom stereocenters. The Balaban J connectivity index is 2.02. The third-order valence-electron chi connectivity index (χ3n) is 6.81. The molecule has 0 fully saturated rings. The van der Waals surface area contributed by atoms with Crippen molar-refractivity contribution >= 4 is 40.0 Å². The number of phenols is 2. The van der Waals surface area contributed by atoms with E-state index < -0.39 is 18.8 Å². The van der Waals surface area contributed by atoms with Gasteiger partial charge in [-0.05, 0) is 0 Å². The Labute approximate surface area is 225 Å². The molecule has 0 heterocycles. The number of hydrogen-bond donors (Lipinski definition) is 3. The molecular formula is C32H25O6P. The van der Waals surface area contributed by atoms with Crippen molar-refractivity contribution in [3.63, 3.8) is 0 Å². The molecule has 5 rings (SSSR count). The summed E-state index contributed by atoms with van der Waals surface area (Å²) in [5.41, 5.74) is -0.352. The molecule has 6 nitrogen and oxygen atoms in total. The van der Waals surface area contributed by atoms with Crippen LogP contribution in [0.4, 0.5) is 0 Å². The first-order valence-electron chi connectivity index (χ1n) is 12.2. The number of phenolic OH excluding ortho intramolecular Hbond substituents is 2. The number of carboxylic acids is 1. The topological polar surface area (TPSA) is 104 Å². The molecule has 5 aromatic rings. The maximum absolute atomic E-state index is 14.3. The van der Waals surface area contributed by atoms with Gasteiger partial charge in [-0.15, -0.1) is 0 Å². The van der Waals surface area contributed by atoms with Crippen LogP contribution in [0, 0.1) is 0 Å². The number of carbonyl (C=O) groups excluding carboxylic acids is 1. The number of aromatic carboxylic acids is 1. The van der Waals surface area contributed by atoms with Gasteiger partial charge in [-0.1, -0.05) is 0 Å². The predicted molar refractivity (Wildman–Crippen MR) is 153 cm³/mol. The van der Waals surface area contributed by atoms with Crippen molar-refractivity contribution in [3.05, 3.63) is 145 Å². The van der Waals surface area contributed by atoms with Crippen LogP contribution in [0.25, 0.3) is 0 Å². The van der Waals surface area contributed by atoms with E-state index in [9.17, 15) is 24.9 Å². The van der Waals surface area contributed by atoms with Gasteiger partial charge in [-0.3, -0.25) is 0 Å². The fourth-order valence-corrected chi connectivity index (χ4v) is 10.8. The number of benzene rings is 5. The average molecular weight is 537 g/mol. The van der Waals surface area contributed by atoms with Gasteiger partial charge in [0.2, 0.25) is 0 Å². The fraction of sp³-hybridized carbons (Fsp3) is 0. The molecule has 0 atom stereocenters. The molecule has 0 bridgehead atoms. The number of aromatic hydroxyl groups is 2. The van der Waals surface area contributed by atoms with E-state index in [2.05, 4.69) is 0 Å². The third-order valence-corrected chi connectivity index (χ3v) is 12.5. The molecule has 194 valence electrons. The zero-order valence-electron chi connectivity index (χ0n) is 20.7. The molecule has 0 amide bonds. The second-order valence-electron chi connectivity index (χ2n) is 8.95. The van der Waals surface area contributed by atoms with Crippen LogP contribution in [0.3, 0.4) is 0 Å². The van der Waals surface area contributed by atoms with E-state index in [1.807, 2.05) is 91.0 Å². The summed E-state index contributed by atoms with van der Waals surface area (Å²) in [5.74, 6) is -2.49. The molecule has 7 heteroatoms. The summed E-state index contributed by atoms with van der Waals surface area (Å²) in [7, 11) is 0. The quantitative estimate of drug-likeness (QED) is 0.205. The zero-order valence-corrected chi connectivity index (χ0v) is 21.6. The number of rotatable bonds is 7. The molecule has 0 saturated carbocycles. The molecule has 0 aliphatic heterocycles. The summed E-state index contributed by atoms with van der Waals surface area (Å²) < 4.78 is 6.84. The van der Waals surface area contributed by atoms with Crippen molar-refractivity contribution < 1.29 is 29.4 Å². The fourth-order valence-electron chi connectivity index (χ4n) is 5.13. The SMILES string of the molecule is O=C(O)c1ccccc1C(=O)OP(c1ccccc1)(c1ccccc1)(c1ccccc1)c1cc(O)ccc1O. The van der Waals surface area contributed by atoms with Crippen LogP contribution < -0.4 is 21.2 Å². The first-order chi connectivity index (χ1) is 18.9. The zero-order chi connectivity index (χ0) is 27.5. The first-order valence-corrected chi connectivity index (χ1v) is 14.3. The monoisotopic (exact) mass is 536 g/mol. The Kier molecular flexibility index (Phi) is 6.65. The van der Waals surface area contributed by atoms with Gasteiger partial charge in [0.05, 0.1) is 0 Å². The number of hydrogen-bond acceptors (Lipinski definition) is 5. The number of carboxylic acid groups (broad SMARTS) is 1. The minimum absolute atomic E-state index is 0.137. The van der Waals surface area contributed by atoms with Crippen molar-refractivity contribution in [1.29, 1.82) is 0 Å². The Morgan fingerprint density at radius 1 is 0.564 bits per heavy atom. The van der Waals surface area contributed by atoms with Crippen LogP contribution in [0.1, 0.15) is 20.7 Å². The summed E-state index contributed by atoms with van der Waals surface area (Å²) >= 11 is 0. The molecule has 0 spiro atoms. The van der Waals surface area contributed by atoms with E-state index in [0.717, 1.165) is 0 Å². The van der Waals surface area contributed by atoms with Crippen molar-refractivity contribution in [2.45, 2.75) is 0 Å². The van der Waals surface area contributed by atoms with Crippen LogP contribution in [-0.4, -0.2) is 27.3 Å². The van der Waals surface area contributed by atoms with Crippen LogP contribution in [0.5, 0.6) is 11.5 Å². The second kappa shape index (κ2) is 10.1. The summed E-state index contributed by atoms with van der Waals surface area (Å²) in [6.07, 6.45) is 0. The minimum atomic E-state index is -4.72. The summed E-state index contributed by atoms with van der Waals surface area (Å²) in [5, 5.41) is 34.0. The van der Waals surface area contributed by atoms with Crippen molar-refractivity contribution in [2.24, 2.45) is 0 Å². The van der Waals surface area contributed by atoms with Crippen molar-refractivity contribution in [3.8, 4) is 11.5 Å². The normalized spacial score (nSPS) is 12.2. The van der Waals surface area contributed by atoms with Crippen molar-refractivity contribution in [2.75, 3.05) is 0 Å². The number of carbonyl (C=O) groups is 2. The third kappa shape index (κ3) is 4.02. The molecule has 5 aromatic carbocycles. The average Bonchev–Trinajstić information content (AvgIpc) is 2.98. The van der Waals surface area contributed by atoms with E-state index >= 15 is 0 Å². The van der Waals surface area contributed by atoms with Gasteiger partial charge in [-0.25, -0.2) is 0 Å². The molecule has 39 heavy (non-hydrogen) atoms. The van der Waals surface area contributed by atoms with Gasteiger partial charge in [0.1, 0.15) is 0 Å². The predicted octanol–water partition coefficient (Wildman–Crippen LogP) is 4.72. The van der Waals surface area contributed by atoms with E-state index in [1.54, 1.807) is 6.07 Å². The standard InChI is InChI=1S/C32H25O6P/c33-23-20-21-29(34)30(22-23)39(24-12-4-1-5-13-24,25-14-6-2-7-15-25,26-16-8-3-9-17-26)38-32(37)28-19-11-10-18-27(28)31(35)36/h1-22,33-34H,(H,35,36). The molecule has 0 aliphatic rings. The summed E-state index contributed by atoms with van der Waals surface area (Å²) in [6, 6.07) is 37.2. The van der Waals surface area contributed by atoms with Crippen LogP contribution in [0.15, 0.2) is 133 Å². The van der Waals surface area contributed by atoms with E-state index in [-0.39, 0.29) is 27.9 Å². The first kappa shape index (κ1) is 25.7. The van der Waals surface area contributed by atoms with Gasteiger partial charge >= 0.3 is 226 Å². The van der Waals surface area contributed by atoms with Crippen LogP contribution >= 0.6 is 6.83 Å². The molecular weight excluding hydrogens is 511 g/mol. The molecule has 0 aromatic heterocycles. The molecule has 0 saturated heterocycles. The van der Waals surface area contributed by atoms with E-state index in [4.69, 9.17) is 4.52 Å². The molecule has 3 N–H and O–H groups in total. The van der Waals surface area contributed by atoms with Gasteiger partial charge in [-0.2, -0.15) is 0 Å². The summed E-state index contributed by atoms with van der Waals surface area (Å²) in [6.45, 7) is -4.72. The van der Waals surface area contributed by atoms with Crippen LogP contribution in [0.2, 0.25) is 0 Å². The van der Waals surface area contributed by atoms with E-state index in [1.165, 1.54) is 36.4 Å². The van der Waals surface area contributed by atoms with Crippen molar-refractivity contribution in [1.82, 2.24) is 0 Å². The van der Waals surface area contributed by atoms with Gasteiger partial charge < -0.3 is 0 Å². The van der Waals surface area contributed by atoms with Gasteiger partial charge in [0.25, 0.3) is 0 Å². The maximum atomic E-state index is 14.3. The van der Waals surface area contributed by atoms with Gasteiger partial charge in [0, 0.05) is 0 Å². The molecule has 0 aliphatic carbocycles. The Hall–Kier alpha value is -4.93. The Bertz CT molecular complexity index is 1550. The Morgan fingerprint density at radius 3 is 1.46 bits per heavy atom. The second-order valence-corrected chi connectivity index (χ2v) is 13.2.